The Balaban J connectivity index is 1.42. The molecule has 2 aromatic carbocycles. The molecule has 2 amide bonds. The number of amides is 2. The van der Waals surface area contributed by atoms with Gasteiger partial charge >= 0.3 is 0 Å². The zero-order valence-electron chi connectivity index (χ0n) is 15.0. The minimum atomic E-state index is -0.216. The highest BCUT2D eigenvalue weighted by Crippen LogP contribution is 2.32. The number of anilines is 1. The molecule has 0 saturated carbocycles. The Bertz CT molecular complexity index is 936. The predicted molar refractivity (Wildman–Crippen MR) is 101 cm³/mol. The van der Waals surface area contributed by atoms with E-state index in [-0.39, 0.29) is 18.6 Å². The van der Waals surface area contributed by atoms with Crippen LogP contribution in [0.15, 0.2) is 42.5 Å². The smallest absolute Gasteiger partial charge is 0.248 e. The summed E-state index contributed by atoms with van der Waals surface area (Å²) in [6.45, 7) is 3.13. The topological polar surface area (TPSA) is 67.9 Å². The van der Waals surface area contributed by atoms with Gasteiger partial charge in [0.05, 0.1) is 0 Å². The highest BCUT2D eigenvalue weighted by molar-refractivity contribution is 6.02. The first kappa shape index (κ1) is 17.1. The molecule has 6 heteroatoms. The molecule has 2 heterocycles. The molecule has 0 atom stereocenters. The third-order valence-electron chi connectivity index (χ3n) is 4.76. The number of rotatable bonds is 3. The molecule has 138 valence electrons. The molecule has 0 unspecified atom stereocenters. The second kappa shape index (κ2) is 7.15. The Morgan fingerprint density at radius 3 is 2.78 bits per heavy atom. The summed E-state index contributed by atoms with van der Waals surface area (Å²) in [5.41, 5.74) is 3.88. The van der Waals surface area contributed by atoms with Crippen LogP contribution >= 0.6 is 0 Å². The van der Waals surface area contributed by atoms with Crippen molar-refractivity contribution in [2.24, 2.45) is 0 Å². The van der Waals surface area contributed by atoms with E-state index in [0.717, 1.165) is 29.8 Å². The van der Waals surface area contributed by atoms with E-state index in [2.05, 4.69) is 5.32 Å². The standard InChI is InChI=1S/C21H20N2O4/c1-14(24)23-9-8-16-4-5-18(11-17(16)12-23)22-21(25)7-3-15-2-6-19-20(10-15)27-13-26-19/h2-7,10-11H,8-9,12-13H2,1H3,(H,22,25)/b7-3+. The van der Waals surface area contributed by atoms with Gasteiger partial charge < -0.3 is 19.7 Å². The second-order valence-corrected chi connectivity index (χ2v) is 6.61. The molecule has 2 aromatic rings. The molecule has 0 aliphatic carbocycles. The van der Waals surface area contributed by atoms with Gasteiger partial charge in [-0.1, -0.05) is 12.1 Å². The van der Waals surface area contributed by atoms with E-state index in [0.29, 0.717) is 18.0 Å². The van der Waals surface area contributed by atoms with Crippen molar-refractivity contribution in [3.05, 3.63) is 59.2 Å². The summed E-state index contributed by atoms with van der Waals surface area (Å²) in [5.74, 6) is 1.25. The van der Waals surface area contributed by atoms with E-state index in [1.807, 2.05) is 41.3 Å². The average molecular weight is 364 g/mol. The summed E-state index contributed by atoms with van der Waals surface area (Å²) < 4.78 is 10.6. The van der Waals surface area contributed by atoms with Gasteiger partial charge in [0.1, 0.15) is 0 Å². The lowest BCUT2D eigenvalue weighted by atomic mass is 9.99. The Morgan fingerprint density at radius 1 is 1.07 bits per heavy atom. The number of ether oxygens (including phenoxy) is 2. The molecule has 2 aliphatic rings. The molecule has 4 rings (SSSR count). The summed E-state index contributed by atoms with van der Waals surface area (Å²) in [4.78, 5) is 25.6. The van der Waals surface area contributed by atoms with E-state index in [1.54, 1.807) is 13.0 Å². The van der Waals surface area contributed by atoms with Crippen LogP contribution in [0.4, 0.5) is 5.69 Å². The molecular weight excluding hydrogens is 344 g/mol. The number of nitrogens with one attached hydrogen (secondary N) is 1. The molecule has 2 aliphatic heterocycles. The van der Waals surface area contributed by atoms with Crippen LogP contribution in [0.1, 0.15) is 23.6 Å². The Hall–Kier alpha value is -3.28. The minimum absolute atomic E-state index is 0.0711. The fraction of sp³-hybridized carbons (Fsp3) is 0.238. The summed E-state index contributed by atoms with van der Waals surface area (Å²) in [6.07, 6.45) is 4.05. The quantitative estimate of drug-likeness (QED) is 0.851. The van der Waals surface area contributed by atoms with Gasteiger partial charge in [-0.3, -0.25) is 9.59 Å². The summed E-state index contributed by atoms with van der Waals surface area (Å²) in [7, 11) is 0. The van der Waals surface area contributed by atoms with E-state index in [1.165, 1.54) is 11.6 Å². The van der Waals surface area contributed by atoms with Gasteiger partial charge in [-0.2, -0.15) is 0 Å². The number of hydrogen-bond acceptors (Lipinski definition) is 4. The molecule has 6 nitrogen and oxygen atoms in total. The lowest BCUT2D eigenvalue weighted by Crippen LogP contribution is -2.34. The van der Waals surface area contributed by atoms with Gasteiger partial charge in [-0.25, -0.2) is 0 Å². The fourth-order valence-electron chi connectivity index (χ4n) is 3.28. The summed E-state index contributed by atoms with van der Waals surface area (Å²) in [6, 6.07) is 11.4. The van der Waals surface area contributed by atoms with Gasteiger partial charge in [0.15, 0.2) is 11.5 Å². The monoisotopic (exact) mass is 364 g/mol. The van der Waals surface area contributed by atoms with Gasteiger partial charge in [0, 0.05) is 31.8 Å². The Morgan fingerprint density at radius 2 is 1.93 bits per heavy atom. The molecular formula is C21H20N2O4. The van der Waals surface area contributed by atoms with Crippen molar-refractivity contribution >= 4 is 23.6 Å². The molecule has 1 N–H and O–H groups in total. The first-order chi connectivity index (χ1) is 13.1. The second-order valence-electron chi connectivity index (χ2n) is 6.61. The zero-order chi connectivity index (χ0) is 18.8. The van der Waals surface area contributed by atoms with E-state index >= 15 is 0 Å². The van der Waals surface area contributed by atoms with E-state index < -0.39 is 0 Å². The van der Waals surface area contributed by atoms with Gasteiger partial charge in [-0.05, 0) is 53.5 Å². The van der Waals surface area contributed by atoms with Crippen molar-refractivity contribution in [3.8, 4) is 11.5 Å². The molecule has 0 spiro atoms. The van der Waals surface area contributed by atoms with Crippen LogP contribution in [0, 0.1) is 0 Å². The van der Waals surface area contributed by atoms with E-state index in [4.69, 9.17) is 9.47 Å². The van der Waals surface area contributed by atoms with Crippen LogP contribution in [0.3, 0.4) is 0 Å². The van der Waals surface area contributed by atoms with Crippen LogP contribution in [0.5, 0.6) is 11.5 Å². The average Bonchev–Trinajstić information content (AvgIpc) is 3.13. The van der Waals surface area contributed by atoms with Crippen LogP contribution in [0.2, 0.25) is 0 Å². The number of fused-ring (bicyclic) bond motifs is 2. The molecule has 27 heavy (non-hydrogen) atoms. The Labute approximate surface area is 157 Å². The molecule has 0 radical (unpaired) electrons. The maximum atomic E-state index is 12.2. The fourth-order valence-corrected chi connectivity index (χ4v) is 3.28. The largest absolute Gasteiger partial charge is 0.454 e. The third kappa shape index (κ3) is 3.79. The van der Waals surface area contributed by atoms with Gasteiger partial charge in [0.2, 0.25) is 18.6 Å². The third-order valence-corrected chi connectivity index (χ3v) is 4.76. The van der Waals surface area contributed by atoms with Crippen molar-refractivity contribution in [2.45, 2.75) is 19.9 Å². The number of hydrogen-bond donors (Lipinski definition) is 1. The normalized spacial score (nSPS) is 14.9. The molecule has 0 saturated heterocycles. The lowest BCUT2D eigenvalue weighted by molar-refractivity contribution is -0.129. The molecule has 0 fully saturated rings. The summed E-state index contributed by atoms with van der Waals surface area (Å²) >= 11 is 0. The zero-order valence-corrected chi connectivity index (χ0v) is 15.0. The van der Waals surface area contributed by atoms with Crippen molar-refractivity contribution in [2.75, 3.05) is 18.7 Å². The van der Waals surface area contributed by atoms with Gasteiger partial charge in [0.25, 0.3) is 0 Å². The van der Waals surface area contributed by atoms with Gasteiger partial charge in [-0.15, -0.1) is 0 Å². The maximum Gasteiger partial charge on any atom is 0.248 e. The molecule has 0 bridgehead atoms. The number of carbonyl (C=O) groups excluding carboxylic acids is 2. The van der Waals surface area contributed by atoms with Crippen molar-refractivity contribution in [3.63, 3.8) is 0 Å². The van der Waals surface area contributed by atoms with Crippen LogP contribution in [-0.4, -0.2) is 30.1 Å². The van der Waals surface area contributed by atoms with Crippen molar-refractivity contribution in [1.29, 1.82) is 0 Å². The van der Waals surface area contributed by atoms with Crippen LogP contribution < -0.4 is 14.8 Å². The SMILES string of the molecule is CC(=O)N1CCc2ccc(NC(=O)/C=C/c3ccc4c(c3)OCO4)cc2C1. The van der Waals surface area contributed by atoms with E-state index in [9.17, 15) is 9.59 Å². The van der Waals surface area contributed by atoms with Crippen molar-refractivity contribution in [1.82, 2.24) is 4.90 Å². The van der Waals surface area contributed by atoms with Crippen LogP contribution in [-0.2, 0) is 22.6 Å². The lowest BCUT2D eigenvalue weighted by Gasteiger charge is -2.28. The number of benzene rings is 2. The number of nitrogens with zero attached hydrogens (tertiary/aromatic N) is 1. The minimum Gasteiger partial charge on any atom is -0.454 e. The molecule has 0 aromatic heterocycles. The highest BCUT2D eigenvalue weighted by atomic mass is 16.7. The first-order valence-electron chi connectivity index (χ1n) is 8.84. The van der Waals surface area contributed by atoms with Crippen molar-refractivity contribution < 1.29 is 19.1 Å². The first-order valence-corrected chi connectivity index (χ1v) is 8.84. The number of carbonyl (C=O) groups is 2. The predicted octanol–water partition coefficient (Wildman–Crippen LogP) is 2.97. The summed E-state index contributed by atoms with van der Waals surface area (Å²) in [5, 5.41) is 2.87. The van der Waals surface area contributed by atoms with Crippen LogP contribution in [0.25, 0.3) is 6.08 Å². The Kier molecular flexibility index (Phi) is 4.54. The highest BCUT2D eigenvalue weighted by Gasteiger charge is 2.18. The maximum absolute atomic E-state index is 12.2.